The highest BCUT2D eigenvalue weighted by atomic mass is 16.2. The second-order valence-corrected chi connectivity index (χ2v) is 6.52. The second kappa shape index (κ2) is 6.16. The molecule has 0 radical (unpaired) electrons. The Labute approximate surface area is 125 Å². The monoisotopic (exact) mass is 289 g/mol. The van der Waals surface area contributed by atoms with Crippen molar-refractivity contribution in [1.29, 1.82) is 0 Å². The summed E-state index contributed by atoms with van der Waals surface area (Å²) in [6, 6.07) is 9.40. The van der Waals surface area contributed by atoms with Gasteiger partial charge in [-0.3, -0.25) is 4.79 Å². The summed E-state index contributed by atoms with van der Waals surface area (Å²) >= 11 is 0. The number of para-hydroxylation sites is 1. The van der Waals surface area contributed by atoms with Gasteiger partial charge in [-0.15, -0.1) is 0 Å². The fourth-order valence-electron chi connectivity index (χ4n) is 2.18. The zero-order valence-corrected chi connectivity index (χ0v) is 12.9. The van der Waals surface area contributed by atoms with Crippen molar-refractivity contribution in [2.75, 3.05) is 31.1 Å². The van der Waals surface area contributed by atoms with Crippen LogP contribution in [0.1, 0.15) is 20.8 Å². The Morgan fingerprint density at radius 3 is 2.43 bits per heavy atom. The minimum absolute atomic E-state index is 0.0333. The number of carbonyl (C=O) groups excluding carboxylic acids is 2. The van der Waals surface area contributed by atoms with Crippen LogP contribution in [-0.4, -0.2) is 43.0 Å². The van der Waals surface area contributed by atoms with Crippen molar-refractivity contribution in [3.63, 3.8) is 0 Å². The number of urea groups is 1. The predicted molar refractivity (Wildman–Crippen MR) is 83.2 cm³/mol. The number of amides is 3. The first-order chi connectivity index (χ1) is 9.87. The Kier molecular flexibility index (Phi) is 4.50. The standard InChI is InChI=1S/C16H23N3O2/c1-16(2,3)12-17-15(21)18-9-10-19(14(20)11-18)13-7-5-4-6-8-13/h4-8H,9-12H2,1-3H3,(H,17,21). The van der Waals surface area contributed by atoms with Crippen LogP contribution in [0.2, 0.25) is 0 Å². The summed E-state index contributed by atoms with van der Waals surface area (Å²) in [5.74, 6) is -0.0432. The Balaban J connectivity index is 1.92. The van der Waals surface area contributed by atoms with Gasteiger partial charge in [0, 0.05) is 25.3 Å². The Hall–Kier alpha value is -2.04. The van der Waals surface area contributed by atoms with Crippen LogP contribution in [-0.2, 0) is 4.79 Å². The lowest BCUT2D eigenvalue weighted by Crippen LogP contribution is -2.55. The molecule has 1 heterocycles. The molecule has 1 aromatic rings. The van der Waals surface area contributed by atoms with Crippen molar-refractivity contribution in [3.05, 3.63) is 30.3 Å². The number of anilines is 1. The number of nitrogens with one attached hydrogen (secondary N) is 1. The van der Waals surface area contributed by atoms with E-state index >= 15 is 0 Å². The van der Waals surface area contributed by atoms with Gasteiger partial charge in [-0.25, -0.2) is 4.79 Å². The van der Waals surface area contributed by atoms with E-state index in [2.05, 4.69) is 26.1 Å². The van der Waals surface area contributed by atoms with Crippen LogP contribution >= 0.6 is 0 Å². The summed E-state index contributed by atoms with van der Waals surface area (Å²) in [6.07, 6.45) is 0. The highest BCUT2D eigenvalue weighted by molar-refractivity contribution is 5.97. The molecule has 0 saturated carbocycles. The molecule has 1 saturated heterocycles. The predicted octanol–water partition coefficient (Wildman–Crippen LogP) is 2.09. The molecule has 0 unspecified atom stereocenters. The molecule has 0 aliphatic carbocycles. The van der Waals surface area contributed by atoms with Gasteiger partial charge in [0.1, 0.15) is 6.54 Å². The smallest absolute Gasteiger partial charge is 0.317 e. The number of piperazine rings is 1. The van der Waals surface area contributed by atoms with Gasteiger partial charge in [0.05, 0.1) is 0 Å². The molecule has 114 valence electrons. The van der Waals surface area contributed by atoms with E-state index in [1.807, 2.05) is 30.3 Å². The van der Waals surface area contributed by atoms with Crippen LogP contribution in [0, 0.1) is 5.41 Å². The van der Waals surface area contributed by atoms with Gasteiger partial charge in [-0.1, -0.05) is 39.0 Å². The van der Waals surface area contributed by atoms with Crippen LogP contribution in [0.3, 0.4) is 0 Å². The number of hydrogen-bond donors (Lipinski definition) is 1. The van der Waals surface area contributed by atoms with Crippen molar-refractivity contribution >= 4 is 17.6 Å². The number of hydrogen-bond acceptors (Lipinski definition) is 2. The number of benzene rings is 1. The third-order valence-electron chi connectivity index (χ3n) is 3.35. The van der Waals surface area contributed by atoms with Crippen LogP contribution in [0.25, 0.3) is 0 Å². The normalized spacial score (nSPS) is 16.0. The number of rotatable bonds is 2. The average Bonchev–Trinajstić information content (AvgIpc) is 2.45. The summed E-state index contributed by atoms with van der Waals surface area (Å²) < 4.78 is 0. The third kappa shape index (κ3) is 4.21. The third-order valence-corrected chi connectivity index (χ3v) is 3.35. The van der Waals surface area contributed by atoms with Gasteiger partial charge < -0.3 is 15.1 Å². The SMILES string of the molecule is CC(C)(C)CNC(=O)N1CCN(c2ccccc2)C(=O)C1. The fourth-order valence-corrected chi connectivity index (χ4v) is 2.18. The van der Waals surface area contributed by atoms with Gasteiger partial charge in [0.15, 0.2) is 0 Å². The summed E-state index contributed by atoms with van der Waals surface area (Å²) in [6.45, 7) is 8.00. The molecule has 0 bridgehead atoms. The Morgan fingerprint density at radius 1 is 1.19 bits per heavy atom. The summed E-state index contributed by atoms with van der Waals surface area (Å²) in [4.78, 5) is 27.6. The maximum Gasteiger partial charge on any atom is 0.317 e. The highest BCUT2D eigenvalue weighted by Gasteiger charge is 2.28. The van der Waals surface area contributed by atoms with Gasteiger partial charge in [-0.05, 0) is 17.5 Å². The van der Waals surface area contributed by atoms with Crippen molar-refractivity contribution in [1.82, 2.24) is 10.2 Å². The topological polar surface area (TPSA) is 52.7 Å². The maximum absolute atomic E-state index is 12.2. The Morgan fingerprint density at radius 2 is 1.86 bits per heavy atom. The van der Waals surface area contributed by atoms with Crippen LogP contribution < -0.4 is 10.2 Å². The van der Waals surface area contributed by atoms with E-state index in [-0.39, 0.29) is 23.9 Å². The van der Waals surface area contributed by atoms with Crippen molar-refractivity contribution < 1.29 is 9.59 Å². The average molecular weight is 289 g/mol. The minimum atomic E-state index is -0.161. The molecule has 5 nitrogen and oxygen atoms in total. The lowest BCUT2D eigenvalue weighted by atomic mass is 9.97. The molecule has 0 atom stereocenters. The molecule has 1 aliphatic heterocycles. The van der Waals surface area contributed by atoms with Gasteiger partial charge in [0.2, 0.25) is 5.91 Å². The number of nitrogens with zero attached hydrogens (tertiary/aromatic N) is 2. The lowest BCUT2D eigenvalue weighted by molar-refractivity contribution is -0.120. The van der Waals surface area contributed by atoms with E-state index in [0.29, 0.717) is 19.6 Å². The number of carbonyl (C=O) groups is 2. The van der Waals surface area contributed by atoms with E-state index in [0.717, 1.165) is 5.69 Å². The molecule has 1 aromatic carbocycles. The molecule has 0 aromatic heterocycles. The Bertz CT molecular complexity index is 508. The first-order valence-corrected chi connectivity index (χ1v) is 7.25. The van der Waals surface area contributed by atoms with Gasteiger partial charge >= 0.3 is 6.03 Å². The zero-order chi connectivity index (χ0) is 15.5. The first kappa shape index (κ1) is 15.4. The van der Waals surface area contributed by atoms with Crippen LogP contribution in [0.15, 0.2) is 30.3 Å². The zero-order valence-electron chi connectivity index (χ0n) is 12.9. The van der Waals surface area contributed by atoms with Gasteiger partial charge in [0.25, 0.3) is 0 Å². The quantitative estimate of drug-likeness (QED) is 0.906. The molecular weight excluding hydrogens is 266 g/mol. The van der Waals surface area contributed by atoms with E-state index < -0.39 is 0 Å². The highest BCUT2D eigenvalue weighted by Crippen LogP contribution is 2.17. The molecule has 1 fully saturated rings. The fraction of sp³-hybridized carbons (Fsp3) is 0.500. The van der Waals surface area contributed by atoms with E-state index in [1.165, 1.54) is 0 Å². The molecule has 0 spiro atoms. The molecule has 5 heteroatoms. The molecule has 2 rings (SSSR count). The largest absolute Gasteiger partial charge is 0.337 e. The molecule has 1 N–H and O–H groups in total. The second-order valence-electron chi connectivity index (χ2n) is 6.52. The van der Waals surface area contributed by atoms with Crippen molar-refractivity contribution in [3.8, 4) is 0 Å². The van der Waals surface area contributed by atoms with Crippen molar-refractivity contribution in [2.45, 2.75) is 20.8 Å². The molecule has 3 amide bonds. The van der Waals surface area contributed by atoms with Crippen LogP contribution in [0.4, 0.5) is 10.5 Å². The first-order valence-electron chi connectivity index (χ1n) is 7.25. The van der Waals surface area contributed by atoms with E-state index in [9.17, 15) is 9.59 Å². The van der Waals surface area contributed by atoms with Gasteiger partial charge in [-0.2, -0.15) is 0 Å². The van der Waals surface area contributed by atoms with E-state index in [1.54, 1.807) is 9.80 Å². The summed E-state index contributed by atoms with van der Waals surface area (Å²) in [5.41, 5.74) is 0.920. The molecule has 1 aliphatic rings. The molecular formula is C16H23N3O2. The minimum Gasteiger partial charge on any atom is -0.337 e. The lowest BCUT2D eigenvalue weighted by Gasteiger charge is -2.34. The maximum atomic E-state index is 12.2. The van der Waals surface area contributed by atoms with Crippen LogP contribution in [0.5, 0.6) is 0 Å². The summed E-state index contributed by atoms with van der Waals surface area (Å²) in [5, 5.41) is 2.88. The van der Waals surface area contributed by atoms with E-state index in [4.69, 9.17) is 0 Å². The molecule has 21 heavy (non-hydrogen) atoms. The van der Waals surface area contributed by atoms with Crippen molar-refractivity contribution in [2.24, 2.45) is 5.41 Å². The summed E-state index contributed by atoms with van der Waals surface area (Å²) in [7, 11) is 0.